The molecule has 6 heteroatoms. The zero-order valence-corrected chi connectivity index (χ0v) is 8.58. The first-order valence-corrected chi connectivity index (χ1v) is 4.52. The van der Waals surface area contributed by atoms with Crippen molar-refractivity contribution >= 4 is 0 Å². The quantitative estimate of drug-likeness (QED) is 0.840. The Labute approximate surface area is 90.6 Å². The first-order valence-electron chi connectivity index (χ1n) is 4.52. The van der Waals surface area contributed by atoms with Crippen LogP contribution in [0.4, 0.5) is 13.2 Å². The number of hydrogen-bond acceptors (Lipinski definition) is 3. The van der Waals surface area contributed by atoms with E-state index in [1.54, 1.807) is 0 Å². The fourth-order valence-electron chi connectivity index (χ4n) is 1.20. The second kappa shape index (κ2) is 4.61. The van der Waals surface area contributed by atoms with Gasteiger partial charge >= 0.3 is 6.18 Å². The molecule has 1 atom stereocenters. The van der Waals surface area contributed by atoms with Crippen LogP contribution in [-0.4, -0.2) is 24.4 Å². The standard InChI is InChI=1S/C10H12F3NO2/c1-16-7-3-2-6(8(15)5-7)4-9(14)10(11,12)13/h2-3,5,9,15H,4,14H2,1H3. The van der Waals surface area contributed by atoms with Gasteiger partial charge in [0.05, 0.1) is 7.11 Å². The number of rotatable bonds is 3. The summed E-state index contributed by atoms with van der Waals surface area (Å²) in [7, 11) is 1.40. The Morgan fingerprint density at radius 2 is 2.06 bits per heavy atom. The zero-order chi connectivity index (χ0) is 12.3. The number of methoxy groups -OCH3 is 1. The first-order chi connectivity index (χ1) is 7.34. The van der Waals surface area contributed by atoms with Gasteiger partial charge in [0.2, 0.25) is 0 Å². The second-order valence-electron chi connectivity index (χ2n) is 3.35. The number of hydrogen-bond donors (Lipinski definition) is 2. The Morgan fingerprint density at radius 1 is 1.44 bits per heavy atom. The van der Waals surface area contributed by atoms with Gasteiger partial charge < -0.3 is 15.6 Å². The van der Waals surface area contributed by atoms with Crippen molar-refractivity contribution in [3.05, 3.63) is 23.8 Å². The summed E-state index contributed by atoms with van der Waals surface area (Å²) in [6.45, 7) is 0. The van der Waals surface area contributed by atoms with Gasteiger partial charge in [-0.25, -0.2) is 0 Å². The molecule has 1 aromatic carbocycles. The van der Waals surface area contributed by atoms with E-state index in [0.717, 1.165) is 0 Å². The minimum atomic E-state index is -4.47. The molecular weight excluding hydrogens is 223 g/mol. The molecule has 0 aliphatic heterocycles. The lowest BCUT2D eigenvalue weighted by Gasteiger charge is -2.16. The van der Waals surface area contributed by atoms with Gasteiger partial charge in [0.1, 0.15) is 17.5 Å². The fraction of sp³-hybridized carbons (Fsp3) is 0.400. The molecule has 0 aliphatic carbocycles. The molecule has 1 aromatic rings. The maximum atomic E-state index is 12.2. The number of phenolic OH excluding ortho intramolecular Hbond substituents is 1. The van der Waals surface area contributed by atoms with Gasteiger partial charge in [0, 0.05) is 6.07 Å². The molecule has 0 fully saturated rings. The van der Waals surface area contributed by atoms with Gasteiger partial charge in [0.25, 0.3) is 0 Å². The van der Waals surface area contributed by atoms with Crippen molar-refractivity contribution in [2.75, 3.05) is 7.11 Å². The molecule has 3 nitrogen and oxygen atoms in total. The molecule has 1 unspecified atom stereocenters. The van der Waals surface area contributed by atoms with Crippen LogP contribution in [0.3, 0.4) is 0 Å². The van der Waals surface area contributed by atoms with Crippen molar-refractivity contribution in [1.29, 1.82) is 0 Å². The van der Waals surface area contributed by atoms with Crippen LogP contribution in [0.2, 0.25) is 0 Å². The van der Waals surface area contributed by atoms with Gasteiger partial charge in [-0.15, -0.1) is 0 Å². The number of halogens is 3. The minimum absolute atomic E-state index is 0.144. The number of ether oxygens (including phenoxy) is 1. The van der Waals surface area contributed by atoms with E-state index in [4.69, 9.17) is 10.5 Å². The maximum Gasteiger partial charge on any atom is 0.403 e. The van der Waals surface area contributed by atoms with E-state index >= 15 is 0 Å². The molecule has 0 spiro atoms. The summed E-state index contributed by atoms with van der Waals surface area (Å²) < 4.78 is 41.4. The van der Waals surface area contributed by atoms with E-state index < -0.39 is 18.6 Å². The average molecular weight is 235 g/mol. The zero-order valence-electron chi connectivity index (χ0n) is 8.58. The molecule has 0 aromatic heterocycles. The van der Waals surface area contributed by atoms with E-state index in [1.165, 1.54) is 25.3 Å². The largest absolute Gasteiger partial charge is 0.508 e. The topological polar surface area (TPSA) is 55.5 Å². The second-order valence-corrected chi connectivity index (χ2v) is 3.35. The van der Waals surface area contributed by atoms with Gasteiger partial charge in [0.15, 0.2) is 0 Å². The highest BCUT2D eigenvalue weighted by Crippen LogP contribution is 2.27. The van der Waals surface area contributed by atoms with Crippen LogP contribution in [0.15, 0.2) is 18.2 Å². The molecule has 1 rings (SSSR count). The van der Waals surface area contributed by atoms with Gasteiger partial charge in [-0.2, -0.15) is 13.2 Å². The fourth-order valence-corrected chi connectivity index (χ4v) is 1.20. The number of alkyl halides is 3. The molecule has 0 amide bonds. The predicted octanol–water partition coefficient (Wildman–Crippen LogP) is 1.83. The van der Waals surface area contributed by atoms with Crippen LogP contribution in [0.1, 0.15) is 5.56 Å². The summed E-state index contributed by atoms with van der Waals surface area (Å²) in [5.74, 6) is 0.126. The van der Waals surface area contributed by atoms with Crippen molar-refractivity contribution in [2.24, 2.45) is 5.73 Å². The molecule has 0 heterocycles. The van der Waals surface area contributed by atoms with E-state index in [2.05, 4.69) is 0 Å². The lowest BCUT2D eigenvalue weighted by molar-refractivity contribution is -0.147. The highest BCUT2D eigenvalue weighted by Gasteiger charge is 2.36. The highest BCUT2D eigenvalue weighted by atomic mass is 19.4. The number of aromatic hydroxyl groups is 1. The van der Waals surface area contributed by atoms with Crippen LogP contribution in [0, 0.1) is 0 Å². The van der Waals surface area contributed by atoms with Crippen LogP contribution in [-0.2, 0) is 6.42 Å². The van der Waals surface area contributed by atoms with Crippen molar-refractivity contribution in [1.82, 2.24) is 0 Å². The molecule has 0 saturated heterocycles. The number of benzene rings is 1. The van der Waals surface area contributed by atoms with Crippen LogP contribution >= 0.6 is 0 Å². The van der Waals surface area contributed by atoms with Gasteiger partial charge in [-0.1, -0.05) is 6.07 Å². The highest BCUT2D eigenvalue weighted by molar-refractivity contribution is 5.40. The minimum Gasteiger partial charge on any atom is -0.508 e. The van der Waals surface area contributed by atoms with Gasteiger partial charge in [-0.05, 0) is 18.1 Å². The lowest BCUT2D eigenvalue weighted by Crippen LogP contribution is -2.39. The third-order valence-corrected chi connectivity index (χ3v) is 2.15. The Kier molecular flexibility index (Phi) is 3.64. The number of nitrogens with two attached hydrogens (primary N) is 1. The summed E-state index contributed by atoms with van der Waals surface area (Å²) in [5.41, 5.74) is 5.10. The van der Waals surface area contributed by atoms with E-state index in [0.29, 0.717) is 5.75 Å². The molecule has 90 valence electrons. The SMILES string of the molecule is COc1ccc(CC(N)C(F)(F)F)c(O)c1. The monoisotopic (exact) mass is 235 g/mol. The summed E-state index contributed by atoms with van der Waals surface area (Å²) >= 11 is 0. The van der Waals surface area contributed by atoms with Crippen molar-refractivity contribution in [2.45, 2.75) is 18.6 Å². The molecular formula is C10H12F3NO2. The summed E-state index contributed by atoms with van der Waals surface area (Å²) in [6.07, 6.45) is -4.92. The lowest BCUT2D eigenvalue weighted by atomic mass is 10.1. The van der Waals surface area contributed by atoms with E-state index in [9.17, 15) is 18.3 Å². The molecule has 0 bridgehead atoms. The van der Waals surface area contributed by atoms with E-state index in [-0.39, 0.29) is 11.3 Å². The summed E-state index contributed by atoms with van der Waals surface area (Å²) in [5, 5.41) is 9.43. The van der Waals surface area contributed by atoms with Gasteiger partial charge in [-0.3, -0.25) is 0 Å². The normalized spacial score (nSPS) is 13.6. The smallest absolute Gasteiger partial charge is 0.403 e. The predicted molar refractivity (Wildman–Crippen MR) is 52.4 cm³/mol. The number of phenols is 1. The maximum absolute atomic E-state index is 12.2. The Morgan fingerprint density at radius 3 is 2.50 bits per heavy atom. The summed E-state index contributed by atoms with van der Waals surface area (Å²) in [4.78, 5) is 0. The molecule has 0 saturated carbocycles. The third kappa shape index (κ3) is 3.03. The average Bonchev–Trinajstić information content (AvgIpc) is 2.19. The third-order valence-electron chi connectivity index (χ3n) is 2.15. The van der Waals surface area contributed by atoms with Crippen LogP contribution in [0.5, 0.6) is 11.5 Å². The Balaban J connectivity index is 2.82. The molecule has 0 radical (unpaired) electrons. The summed E-state index contributed by atoms with van der Waals surface area (Å²) in [6, 6.07) is 2.10. The molecule has 0 aliphatic rings. The molecule has 3 N–H and O–H groups in total. The van der Waals surface area contributed by atoms with Crippen molar-refractivity contribution in [3.8, 4) is 11.5 Å². The van der Waals surface area contributed by atoms with Crippen molar-refractivity contribution in [3.63, 3.8) is 0 Å². The molecule has 16 heavy (non-hydrogen) atoms. The van der Waals surface area contributed by atoms with Crippen LogP contribution < -0.4 is 10.5 Å². The Bertz CT molecular complexity index is 366. The first kappa shape index (κ1) is 12.6. The van der Waals surface area contributed by atoms with Crippen molar-refractivity contribution < 1.29 is 23.0 Å². The Hall–Kier alpha value is -1.43. The van der Waals surface area contributed by atoms with E-state index in [1.807, 2.05) is 0 Å². The van der Waals surface area contributed by atoms with Crippen LogP contribution in [0.25, 0.3) is 0 Å².